The molecule has 1 aromatic heterocycles. The van der Waals surface area contributed by atoms with Crippen LogP contribution in [0.2, 0.25) is 0 Å². The van der Waals surface area contributed by atoms with Gasteiger partial charge in [-0.15, -0.1) is 4.68 Å². The van der Waals surface area contributed by atoms with Gasteiger partial charge in [0.15, 0.2) is 12.7 Å². The van der Waals surface area contributed by atoms with Gasteiger partial charge in [0.1, 0.15) is 6.54 Å². The van der Waals surface area contributed by atoms with Crippen molar-refractivity contribution in [3.05, 3.63) is 89.7 Å². The molecule has 0 aliphatic rings. The van der Waals surface area contributed by atoms with Gasteiger partial charge >= 0.3 is 0 Å². The Morgan fingerprint density at radius 1 is 0.800 bits per heavy atom. The summed E-state index contributed by atoms with van der Waals surface area (Å²) in [5.74, 6) is 0. The third-order valence-electron chi connectivity index (χ3n) is 3.57. The van der Waals surface area contributed by atoms with Crippen molar-refractivity contribution >= 4 is 0 Å². The summed E-state index contributed by atoms with van der Waals surface area (Å²) in [6.07, 6.45) is 2.16. The number of aryl methyl sites for hydroxylation is 1. The number of aromatic nitrogens is 2. The van der Waals surface area contributed by atoms with Crippen LogP contribution in [-0.4, -0.2) is 4.68 Å². The van der Waals surface area contributed by atoms with E-state index >= 15 is 0 Å². The van der Waals surface area contributed by atoms with E-state index in [1.54, 1.807) is 0 Å². The predicted octanol–water partition coefficient (Wildman–Crippen LogP) is 3.18. The Morgan fingerprint density at radius 3 is 2.05 bits per heavy atom. The van der Waals surface area contributed by atoms with E-state index in [2.05, 4.69) is 89.2 Å². The first-order valence-corrected chi connectivity index (χ1v) is 6.96. The standard InChI is InChI=1S/C18H19N2/c1-16-12-13-19(14-17-8-4-2-5-9-17)20(16)15-18-10-6-3-7-11-18/h2-13H,14-15H2,1H3/q+1. The van der Waals surface area contributed by atoms with E-state index in [0.29, 0.717) is 0 Å². The molecule has 20 heavy (non-hydrogen) atoms. The maximum absolute atomic E-state index is 2.32. The lowest BCUT2D eigenvalue weighted by Gasteiger charge is -2.06. The Morgan fingerprint density at radius 2 is 1.40 bits per heavy atom. The first kappa shape index (κ1) is 12.7. The molecule has 0 bridgehead atoms. The summed E-state index contributed by atoms with van der Waals surface area (Å²) in [6, 6.07) is 23.3. The first-order chi connectivity index (χ1) is 9.83. The van der Waals surface area contributed by atoms with Gasteiger partial charge in [0.2, 0.25) is 0 Å². The molecule has 2 heteroatoms. The molecular formula is C18H19N2+. The topological polar surface area (TPSA) is 8.81 Å². The van der Waals surface area contributed by atoms with Crippen molar-refractivity contribution in [1.29, 1.82) is 0 Å². The van der Waals surface area contributed by atoms with Crippen LogP contribution >= 0.6 is 0 Å². The lowest BCUT2D eigenvalue weighted by Crippen LogP contribution is -2.43. The lowest BCUT2D eigenvalue weighted by molar-refractivity contribution is -0.767. The van der Waals surface area contributed by atoms with Gasteiger partial charge in [-0.3, -0.25) is 0 Å². The maximum Gasteiger partial charge on any atom is 0.197 e. The van der Waals surface area contributed by atoms with Crippen molar-refractivity contribution in [2.45, 2.75) is 20.0 Å². The quantitative estimate of drug-likeness (QED) is 0.639. The molecule has 0 saturated heterocycles. The minimum absolute atomic E-state index is 0.904. The van der Waals surface area contributed by atoms with Crippen molar-refractivity contribution in [2.75, 3.05) is 0 Å². The maximum atomic E-state index is 2.32. The van der Waals surface area contributed by atoms with Crippen LogP contribution < -0.4 is 4.68 Å². The van der Waals surface area contributed by atoms with E-state index in [1.165, 1.54) is 16.8 Å². The third kappa shape index (κ3) is 2.80. The van der Waals surface area contributed by atoms with Crippen LogP contribution in [0.4, 0.5) is 0 Å². The summed E-state index contributed by atoms with van der Waals surface area (Å²) in [6.45, 7) is 3.97. The molecule has 0 aliphatic heterocycles. The molecule has 0 atom stereocenters. The highest BCUT2D eigenvalue weighted by atomic mass is 15.4. The molecule has 2 nitrogen and oxygen atoms in total. The average Bonchev–Trinajstić information content (AvgIpc) is 2.83. The number of hydrogen-bond donors (Lipinski definition) is 0. The van der Waals surface area contributed by atoms with Gasteiger partial charge in [0, 0.05) is 11.6 Å². The molecule has 2 aromatic carbocycles. The van der Waals surface area contributed by atoms with Crippen molar-refractivity contribution < 1.29 is 4.68 Å². The van der Waals surface area contributed by atoms with Gasteiger partial charge in [-0.05, 0) is 12.5 Å². The molecule has 0 amide bonds. The van der Waals surface area contributed by atoms with Crippen LogP contribution in [-0.2, 0) is 13.1 Å². The SMILES string of the molecule is Cc1cc[n+](Cc2ccccc2)n1Cc1ccccc1. The van der Waals surface area contributed by atoms with Crippen molar-refractivity contribution in [2.24, 2.45) is 0 Å². The smallest absolute Gasteiger partial charge is 0.153 e. The molecule has 0 spiro atoms. The van der Waals surface area contributed by atoms with Gasteiger partial charge in [0.05, 0.1) is 5.69 Å². The average molecular weight is 263 g/mol. The van der Waals surface area contributed by atoms with Crippen molar-refractivity contribution in [3.8, 4) is 0 Å². The Hall–Kier alpha value is -2.35. The number of benzene rings is 2. The van der Waals surface area contributed by atoms with E-state index < -0.39 is 0 Å². The molecule has 1 heterocycles. The van der Waals surface area contributed by atoms with E-state index in [-0.39, 0.29) is 0 Å². The fourth-order valence-corrected chi connectivity index (χ4v) is 2.44. The highest BCUT2D eigenvalue weighted by Crippen LogP contribution is 2.05. The van der Waals surface area contributed by atoms with Crippen LogP contribution in [0.25, 0.3) is 0 Å². The molecule has 0 N–H and O–H groups in total. The molecule has 3 aromatic rings. The van der Waals surface area contributed by atoms with Crippen LogP contribution in [0.15, 0.2) is 72.9 Å². The summed E-state index contributed by atoms with van der Waals surface area (Å²) >= 11 is 0. The molecule has 0 unspecified atom stereocenters. The lowest BCUT2D eigenvalue weighted by atomic mass is 10.2. The van der Waals surface area contributed by atoms with Gasteiger partial charge in [-0.2, -0.15) is 4.68 Å². The number of hydrogen-bond acceptors (Lipinski definition) is 0. The second-order valence-electron chi connectivity index (χ2n) is 5.08. The van der Waals surface area contributed by atoms with E-state index in [1.807, 2.05) is 0 Å². The van der Waals surface area contributed by atoms with Crippen LogP contribution in [0.5, 0.6) is 0 Å². The number of rotatable bonds is 4. The zero-order valence-corrected chi connectivity index (χ0v) is 11.7. The minimum Gasteiger partial charge on any atom is -0.153 e. The van der Waals surface area contributed by atoms with Crippen LogP contribution in [0, 0.1) is 6.92 Å². The predicted molar refractivity (Wildman–Crippen MR) is 80.5 cm³/mol. The minimum atomic E-state index is 0.904. The van der Waals surface area contributed by atoms with Gasteiger partial charge in [-0.25, -0.2) is 0 Å². The molecule has 3 rings (SSSR count). The van der Waals surface area contributed by atoms with Gasteiger partial charge in [0.25, 0.3) is 0 Å². The Kier molecular flexibility index (Phi) is 3.64. The monoisotopic (exact) mass is 263 g/mol. The van der Waals surface area contributed by atoms with E-state index in [0.717, 1.165) is 13.1 Å². The second kappa shape index (κ2) is 5.74. The molecule has 100 valence electrons. The first-order valence-electron chi connectivity index (χ1n) is 6.96. The molecule has 0 radical (unpaired) electrons. The summed E-state index contributed by atoms with van der Waals surface area (Å²) in [7, 11) is 0. The van der Waals surface area contributed by atoms with Gasteiger partial charge < -0.3 is 0 Å². The summed E-state index contributed by atoms with van der Waals surface area (Å²) in [5, 5.41) is 0. The molecule has 0 aliphatic carbocycles. The summed E-state index contributed by atoms with van der Waals surface area (Å²) in [5.41, 5.74) is 3.93. The van der Waals surface area contributed by atoms with E-state index in [4.69, 9.17) is 0 Å². The van der Waals surface area contributed by atoms with Crippen LogP contribution in [0.1, 0.15) is 16.8 Å². The summed E-state index contributed by atoms with van der Waals surface area (Å²) < 4.78 is 4.60. The van der Waals surface area contributed by atoms with Crippen LogP contribution in [0.3, 0.4) is 0 Å². The fourth-order valence-electron chi connectivity index (χ4n) is 2.44. The van der Waals surface area contributed by atoms with Gasteiger partial charge in [-0.1, -0.05) is 60.7 Å². The van der Waals surface area contributed by atoms with Crippen molar-refractivity contribution in [1.82, 2.24) is 4.68 Å². The zero-order chi connectivity index (χ0) is 13.8. The largest absolute Gasteiger partial charge is 0.197 e. The second-order valence-corrected chi connectivity index (χ2v) is 5.08. The molecule has 0 fully saturated rings. The zero-order valence-electron chi connectivity index (χ0n) is 11.7. The van der Waals surface area contributed by atoms with Crippen molar-refractivity contribution in [3.63, 3.8) is 0 Å². The fraction of sp³-hybridized carbons (Fsp3) is 0.167. The number of nitrogens with zero attached hydrogens (tertiary/aromatic N) is 2. The Bertz CT molecular complexity index is 669. The Balaban J connectivity index is 1.86. The highest BCUT2D eigenvalue weighted by Gasteiger charge is 2.13. The normalized spacial score (nSPS) is 10.7. The van der Waals surface area contributed by atoms with E-state index in [9.17, 15) is 0 Å². The molecule has 0 saturated carbocycles. The third-order valence-corrected chi connectivity index (χ3v) is 3.57. The molecular weight excluding hydrogens is 244 g/mol. The summed E-state index contributed by atoms with van der Waals surface area (Å²) in [4.78, 5) is 0. The highest BCUT2D eigenvalue weighted by molar-refractivity contribution is 5.15. The Labute approximate surface area is 119 Å².